The van der Waals surface area contributed by atoms with Crippen molar-refractivity contribution >= 4 is 17.6 Å². The zero-order chi connectivity index (χ0) is 13.8. The number of oxime groups is 1. The summed E-state index contributed by atoms with van der Waals surface area (Å²) in [6, 6.07) is 2.26. The quantitative estimate of drug-likeness (QED) is 0.374. The minimum absolute atomic E-state index is 0.0234. The van der Waals surface area contributed by atoms with Gasteiger partial charge in [0.15, 0.2) is 11.6 Å². The van der Waals surface area contributed by atoms with Gasteiger partial charge >= 0.3 is 0 Å². The number of hydrogen-bond acceptors (Lipinski definition) is 5. The number of nitrogens with two attached hydrogens (primary N) is 1. The molecule has 19 heavy (non-hydrogen) atoms. The lowest BCUT2D eigenvalue weighted by atomic mass is 10.2. The van der Waals surface area contributed by atoms with Crippen LogP contribution in [0.3, 0.4) is 0 Å². The van der Waals surface area contributed by atoms with Crippen LogP contribution in [0.4, 0.5) is 20.2 Å². The Bertz CT molecular complexity index is 450. The van der Waals surface area contributed by atoms with Gasteiger partial charge in [-0.3, -0.25) is 4.90 Å². The van der Waals surface area contributed by atoms with Crippen molar-refractivity contribution in [1.29, 1.82) is 0 Å². The molecule has 104 valence electrons. The number of benzene rings is 1. The first kappa shape index (κ1) is 13.5. The zero-order valence-corrected chi connectivity index (χ0v) is 10.4. The number of anilines is 2. The van der Waals surface area contributed by atoms with E-state index in [-0.39, 0.29) is 11.4 Å². The van der Waals surface area contributed by atoms with Crippen molar-refractivity contribution < 1.29 is 14.0 Å². The Kier molecular flexibility index (Phi) is 4.16. The lowest BCUT2D eigenvalue weighted by molar-refractivity contribution is 0.282. The molecular weight excluding hydrogens is 254 g/mol. The minimum Gasteiger partial charge on any atom is -0.411 e. The fraction of sp³-hybridized carbons (Fsp3) is 0.417. The zero-order valence-electron chi connectivity index (χ0n) is 10.4. The van der Waals surface area contributed by atoms with Crippen LogP contribution in [0.5, 0.6) is 0 Å². The van der Waals surface area contributed by atoms with Crippen molar-refractivity contribution in [3.63, 3.8) is 0 Å². The van der Waals surface area contributed by atoms with Gasteiger partial charge in [0.05, 0.1) is 6.21 Å². The van der Waals surface area contributed by atoms with Gasteiger partial charge in [0, 0.05) is 38.4 Å². The van der Waals surface area contributed by atoms with Crippen molar-refractivity contribution in [2.45, 2.75) is 0 Å². The molecule has 1 fully saturated rings. The number of rotatable bonds is 3. The van der Waals surface area contributed by atoms with Gasteiger partial charge in [-0.1, -0.05) is 0 Å². The number of nitrogen functional groups attached to an aromatic ring is 1. The maximum atomic E-state index is 13.8. The average molecular weight is 270 g/mol. The molecule has 0 aromatic heterocycles. The average Bonchev–Trinajstić information content (AvgIpc) is 2.36. The van der Waals surface area contributed by atoms with Gasteiger partial charge in [0.1, 0.15) is 5.69 Å². The van der Waals surface area contributed by atoms with Gasteiger partial charge in [-0.15, -0.1) is 5.16 Å². The Balaban J connectivity index is 2.05. The van der Waals surface area contributed by atoms with E-state index < -0.39 is 11.6 Å². The van der Waals surface area contributed by atoms with E-state index in [0.29, 0.717) is 32.7 Å². The first-order valence-corrected chi connectivity index (χ1v) is 5.99. The second kappa shape index (κ2) is 5.83. The van der Waals surface area contributed by atoms with E-state index in [9.17, 15) is 8.78 Å². The van der Waals surface area contributed by atoms with E-state index in [4.69, 9.17) is 10.9 Å². The predicted molar refractivity (Wildman–Crippen MR) is 69.7 cm³/mol. The second-order valence-electron chi connectivity index (χ2n) is 4.42. The summed E-state index contributed by atoms with van der Waals surface area (Å²) in [6.45, 7) is 2.84. The Hall–Kier alpha value is -1.89. The molecule has 0 spiro atoms. The highest BCUT2D eigenvalue weighted by atomic mass is 19.1. The lowest BCUT2D eigenvalue weighted by Gasteiger charge is -2.35. The number of halogens is 2. The summed E-state index contributed by atoms with van der Waals surface area (Å²) in [5, 5.41) is 11.3. The fourth-order valence-corrected chi connectivity index (χ4v) is 2.19. The van der Waals surface area contributed by atoms with Crippen molar-refractivity contribution in [1.82, 2.24) is 4.90 Å². The topological polar surface area (TPSA) is 65.1 Å². The highest BCUT2D eigenvalue weighted by Gasteiger charge is 2.22. The molecule has 0 unspecified atom stereocenters. The van der Waals surface area contributed by atoms with Crippen LogP contribution in [0.25, 0.3) is 0 Å². The van der Waals surface area contributed by atoms with Crippen LogP contribution in [0.15, 0.2) is 17.3 Å². The molecule has 0 atom stereocenters. The van der Waals surface area contributed by atoms with E-state index in [2.05, 4.69) is 5.16 Å². The normalized spacial score (nSPS) is 17.3. The number of piperazine rings is 1. The molecule has 0 radical (unpaired) electrons. The van der Waals surface area contributed by atoms with Crippen molar-refractivity contribution in [3.8, 4) is 0 Å². The van der Waals surface area contributed by atoms with Crippen LogP contribution in [0.1, 0.15) is 0 Å². The Labute approximate surface area is 109 Å². The Morgan fingerprint density at radius 3 is 2.32 bits per heavy atom. The fourth-order valence-electron chi connectivity index (χ4n) is 2.19. The third-order valence-electron chi connectivity index (χ3n) is 3.15. The van der Waals surface area contributed by atoms with Crippen LogP contribution in [0, 0.1) is 11.6 Å². The summed E-state index contributed by atoms with van der Waals surface area (Å²) in [4.78, 5) is 3.69. The van der Waals surface area contributed by atoms with E-state index in [1.165, 1.54) is 6.21 Å². The minimum atomic E-state index is -0.636. The third kappa shape index (κ3) is 3.11. The van der Waals surface area contributed by atoms with Gasteiger partial charge < -0.3 is 15.8 Å². The van der Waals surface area contributed by atoms with Crippen molar-refractivity contribution in [2.75, 3.05) is 43.4 Å². The maximum Gasteiger partial charge on any atom is 0.151 e. The number of hydrogen-bond donors (Lipinski definition) is 2. The number of nitrogens with zero attached hydrogens (tertiary/aromatic N) is 3. The van der Waals surface area contributed by atoms with E-state index in [1.54, 1.807) is 4.90 Å². The summed E-state index contributed by atoms with van der Waals surface area (Å²) in [6.07, 6.45) is 1.39. The van der Waals surface area contributed by atoms with Gasteiger partial charge in [0.2, 0.25) is 0 Å². The van der Waals surface area contributed by atoms with E-state index in [1.807, 2.05) is 4.90 Å². The van der Waals surface area contributed by atoms with Crippen LogP contribution < -0.4 is 10.6 Å². The molecule has 1 heterocycles. The molecule has 2 rings (SSSR count). The standard InChI is InChI=1S/C12H16F2N4O/c13-10-7-9(15)8-11(14)12(10)18-5-3-17(4-6-18)2-1-16-19/h1,7-8,19H,2-6,15H2/b16-1+. The Morgan fingerprint density at radius 1 is 1.21 bits per heavy atom. The molecule has 1 saturated heterocycles. The summed E-state index contributed by atoms with van der Waals surface area (Å²) >= 11 is 0. The first-order chi connectivity index (χ1) is 9.11. The van der Waals surface area contributed by atoms with Crippen molar-refractivity contribution in [3.05, 3.63) is 23.8 Å². The molecule has 0 amide bonds. The SMILES string of the molecule is Nc1cc(F)c(N2CCN(C/C=N/O)CC2)c(F)c1. The molecule has 7 heteroatoms. The van der Waals surface area contributed by atoms with Gasteiger partial charge in [-0.05, 0) is 12.1 Å². The Morgan fingerprint density at radius 2 is 1.79 bits per heavy atom. The predicted octanol–water partition coefficient (Wildman–Crippen LogP) is 1.13. The summed E-state index contributed by atoms with van der Waals surface area (Å²) < 4.78 is 27.5. The highest BCUT2D eigenvalue weighted by Crippen LogP contribution is 2.26. The van der Waals surface area contributed by atoms with Crippen LogP contribution in [-0.4, -0.2) is 49.0 Å². The summed E-state index contributed by atoms with van der Waals surface area (Å²) in [5.74, 6) is -1.27. The molecule has 1 aliphatic heterocycles. The van der Waals surface area contributed by atoms with Crippen LogP contribution in [0.2, 0.25) is 0 Å². The van der Waals surface area contributed by atoms with Crippen LogP contribution in [-0.2, 0) is 0 Å². The smallest absolute Gasteiger partial charge is 0.151 e. The molecule has 1 aromatic rings. The van der Waals surface area contributed by atoms with Gasteiger partial charge in [-0.2, -0.15) is 0 Å². The van der Waals surface area contributed by atoms with E-state index >= 15 is 0 Å². The first-order valence-electron chi connectivity index (χ1n) is 5.99. The monoisotopic (exact) mass is 270 g/mol. The molecule has 3 N–H and O–H groups in total. The van der Waals surface area contributed by atoms with Crippen molar-refractivity contribution in [2.24, 2.45) is 5.16 Å². The lowest BCUT2D eigenvalue weighted by Crippen LogP contribution is -2.47. The maximum absolute atomic E-state index is 13.8. The third-order valence-corrected chi connectivity index (χ3v) is 3.15. The molecule has 5 nitrogen and oxygen atoms in total. The molecule has 0 saturated carbocycles. The molecule has 0 aliphatic carbocycles. The van der Waals surface area contributed by atoms with Gasteiger partial charge in [0.25, 0.3) is 0 Å². The summed E-state index contributed by atoms with van der Waals surface area (Å²) in [5.41, 5.74) is 5.45. The second-order valence-corrected chi connectivity index (χ2v) is 4.42. The molecule has 1 aromatic carbocycles. The van der Waals surface area contributed by atoms with E-state index in [0.717, 1.165) is 12.1 Å². The largest absolute Gasteiger partial charge is 0.411 e. The molecule has 1 aliphatic rings. The highest BCUT2D eigenvalue weighted by molar-refractivity contribution is 5.59. The van der Waals surface area contributed by atoms with Gasteiger partial charge in [-0.25, -0.2) is 8.78 Å². The molecule has 0 bridgehead atoms. The molecular formula is C12H16F2N4O. The summed E-state index contributed by atoms with van der Waals surface area (Å²) in [7, 11) is 0. The van der Waals surface area contributed by atoms with Crippen LogP contribution >= 0.6 is 0 Å².